The van der Waals surface area contributed by atoms with Gasteiger partial charge in [-0.05, 0) is 57.8 Å². The molecule has 5 aromatic carbocycles. The van der Waals surface area contributed by atoms with Crippen LogP contribution in [0.15, 0.2) is 169 Å². The number of hydrogen-bond donors (Lipinski definition) is 2. The summed E-state index contributed by atoms with van der Waals surface area (Å²) >= 11 is 0. The highest BCUT2D eigenvalue weighted by atomic mass is 16.5. The number of benzene rings is 5. The molecule has 3 aliphatic rings. The predicted octanol–water partition coefficient (Wildman–Crippen LogP) is 9.50. The lowest BCUT2D eigenvalue weighted by Gasteiger charge is -2.40. The average Bonchev–Trinajstić information content (AvgIpc) is 3.30. The van der Waals surface area contributed by atoms with Crippen molar-refractivity contribution in [3.8, 4) is 11.5 Å². The third kappa shape index (κ3) is 4.44. The van der Waals surface area contributed by atoms with Crippen molar-refractivity contribution in [1.29, 1.82) is 0 Å². The second-order valence-corrected chi connectivity index (χ2v) is 11.5. The van der Waals surface area contributed by atoms with E-state index in [1.807, 2.05) is 42.5 Å². The lowest BCUT2D eigenvalue weighted by atomic mass is 9.65. The Morgan fingerprint density at radius 3 is 2.11 bits per heavy atom. The van der Waals surface area contributed by atoms with E-state index in [1.54, 1.807) is 0 Å². The van der Waals surface area contributed by atoms with Gasteiger partial charge in [-0.2, -0.15) is 0 Å². The van der Waals surface area contributed by atoms with Crippen LogP contribution in [0.1, 0.15) is 27.8 Å². The Morgan fingerprint density at radius 2 is 1.33 bits per heavy atom. The predicted molar refractivity (Wildman–Crippen MR) is 187 cm³/mol. The summed E-state index contributed by atoms with van der Waals surface area (Å²) in [5.74, 6) is 1.78. The zero-order valence-electron chi connectivity index (χ0n) is 24.7. The van der Waals surface area contributed by atoms with E-state index in [0.717, 1.165) is 39.6 Å². The van der Waals surface area contributed by atoms with Crippen molar-refractivity contribution in [1.82, 2.24) is 5.32 Å². The van der Waals surface area contributed by atoms with Gasteiger partial charge in [0.1, 0.15) is 11.5 Å². The minimum absolute atomic E-state index is 0.0156. The summed E-state index contributed by atoms with van der Waals surface area (Å²) < 4.78 is 6.53. The number of nitrogens with one attached hydrogen (secondary N) is 1. The number of nitrogens with two attached hydrogens (primary N) is 1. The molecule has 216 valence electrons. The van der Waals surface area contributed by atoms with E-state index < -0.39 is 5.41 Å². The van der Waals surface area contributed by atoms with Gasteiger partial charge in [0, 0.05) is 28.1 Å². The maximum Gasteiger partial charge on any atom is 0.132 e. The maximum absolute atomic E-state index is 6.53. The largest absolute Gasteiger partial charge is 0.457 e. The number of hydrogen-bond acceptors (Lipinski definition) is 3. The molecule has 0 bridgehead atoms. The number of para-hydroxylation sites is 3. The van der Waals surface area contributed by atoms with E-state index >= 15 is 0 Å². The van der Waals surface area contributed by atoms with Gasteiger partial charge in [0.05, 0.1) is 11.5 Å². The number of fused-ring (bicyclic) bond motifs is 9. The summed E-state index contributed by atoms with van der Waals surface area (Å²) in [6.45, 7) is 0. The molecule has 1 atom stereocenters. The van der Waals surface area contributed by atoms with Crippen molar-refractivity contribution < 1.29 is 4.74 Å². The van der Waals surface area contributed by atoms with E-state index in [2.05, 4.69) is 133 Å². The Kier molecular flexibility index (Phi) is 6.57. The molecule has 3 heteroatoms. The van der Waals surface area contributed by atoms with E-state index in [4.69, 9.17) is 10.5 Å². The molecule has 0 saturated carbocycles. The molecule has 3 N–H and O–H groups in total. The van der Waals surface area contributed by atoms with Crippen LogP contribution in [-0.2, 0) is 5.41 Å². The fourth-order valence-corrected chi connectivity index (χ4v) is 6.97. The van der Waals surface area contributed by atoms with Crippen LogP contribution in [-0.4, -0.2) is 6.04 Å². The molecule has 5 aromatic rings. The lowest BCUT2D eigenvalue weighted by Crippen LogP contribution is -2.33. The first-order valence-electron chi connectivity index (χ1n) is 15.4. The average molecular weight is 581 g/mol. The molecular weight excluding hydrogens is 548 g/mol. The van der Waals surface area contributed by atoms with Crippen LogP contribution in [0.4, 0.5) is 5.69 Å². The first kappa shape index (κ1) is 26.8. The number of ether oxygens (including phenoxy) is 1. The summed E-state index contributed by atoms with van der Waals surface area (Å²) in [4.78, 5) is 0. The van der Waals surface area contributed by atoms with E-state index in [9.17, 15) is 0 Å². The summed E-state index contributed by atoms with van der Waals surface area (Å²) in [5.41, 5.74) is 14.5. The van der Waals surface area contributed by atoms with Crippen molar-refractivity contribution in [3.63, 3.8) is 0 Å². The van der Waals surface area contributed by atoms with E-state index in [0.29, 0.717) is 0 Å². The van der Waals surface area contributed by atoms with Crippen molar-refractivity contribution in [2.24, 2.45) is 0 Å². The molecule has 1 spiro atoms. The van der Waals surface area contributed by atoms with Crippen LogP contribution in [0.2, 0.25) is 0 Å². The minimum atomic E-state index is -0.535. The quantitative estimate of drug-likeness (QED) is 0.164. The highest BCUT2D eigenvalue weighted by molar-refractivity contribution is 5.96. The van der Waals surface area contributed by atoms with Gasteiger partial charge in [-0.3, -0.25) is 0 Å². The molecule has 3 nitrogen and oxygen atoms in total. The Morgan fingerprint density at radius 1 is 0.667 bits per heavy atom. The van der Waals surface area contributed by atoms with Crippen LogP contribution >= 0.6 is 0 Å². The topological polar surface area (TPSA) is 47.3 Å². The van der Waals surface area contributed by atoms with Crippen LogP contribution in [0.5, 0.6) is 11.5 Å². The molecule has 2 heterocycles. The van der Waals surface area contributed by atoms with Crippen molar-refractivity contribution in [2.75, 3.05) is 5.73 Å². The Balaban J connectivity index is 1.25. The molecule has 8 rings (SSSR count). The Hall–Kier alpha value is -5.80. The van der Waals surface area contributed by atoms with Crippen molar-refractivity contribution in [2.45, 2.75) is 11.5 Å². The van der Waals surface area contributed by atoms with Crippen LogP contribution < -0.4 is 15.8 Å². The summed E-state index contributed by atoms with van der Waals surface area (Å²) in [5, 5.41) is 6.39. The van der Waals surface area contributed by atoms with Gasteiger partial charge in [0.2, 0.25) is 0 Å². The van der Waals surface area contributed by atoms with Gasteiger partial charge < -0.3 is 15.8 Å². The SMILES string of the molecule is Nc1ccccc1\C=C/C=C\C=C\C1/C=C/C=C\C2=C(N1)c1cc3ccccc3cc1C21c2ccccc2Oc2ccccc21. The summed E-state index contributed by atoms with van der Waals surface area (Å²) in [7, 11) is 0. The molecule has 0 amide bonds. The molecule has 0 saturated heterocycles. The van der Waals surface area contributed by atoms with Crippen molar-refractivity contribution >= 4 is 28.2 Å². The highest BCUT2D eigenvalue weighted by Gasteiger charge is 2.52. The first-order chi connectivity index (χ1) is 22.2. The van der Waals surface area contributed by atoms with Crippen LogP contribution in [0.25, 0.3) is 22.5 Å². The zero-order chi connectivity index (χ0) is 30.2. The zero-order valence-corrected chi connectivity index (χ0v) is 24.7. The van der Waals surface area contributed by atoms with Gasteiger partial charge in [0.25, 0.3) is 0 Å². The molecule has 0 radical (unpaired) electrons. The molecule has 0 fully saturated rings. The minimum Gasteiger partial charge on any atom is -0.457 e. The summed E-state index contributed by atoms with van der Waals surface area (Å²) in [6, 6.07) is 38.2. The van der Waals surface area contributed by atoms with Gasteiger partial charge >= 0.3 is 0 Å². The van der Waals surface area contributed by atoms with Crippen LogP contribution in [0.3, 0.4) is 0 Å². The summed E-state index contributed by atoms with van der Waals surface area (Å²) in [6.07, 6.45) is 21.2. The number of allylic oxidation sites excluding steroid dienone is 8. The molecule has 2 aliphatic heterocycles. The molecule has 1 aliphatic carbocycles. The van der Waals surface area contributed by atoms with Gasteiger partial charge in [0.15, 0.2) is 0 Å². The third-order valence-electron chi connectivity index (χ3n) is 8.96. The van der Waals surface area contributed by atoms with E-state index in [-0.39, 0.29) is 6.04 Å². The first-order valence-corrected chi connectivity index (χ1v) is 15.4. The Labute approximate surface area is 263 Å². The fourth-order valence-electron chi connectivity index (χ4n) is 6.97. The second kappa shape index (κ2) is 11.0. The normalized spacial score (nSPS) is 19.1. The molecule has 0 aromatic heterocycles. The van der Waals surface area contributed by atoms with Gasteiger partial charge in [-0.15, -0.1) is 0 Å². The van der Waals surface area contributed by atoms with Gasteiger partial charge in [-0.1, -0.05) is 140 Å². The van der Waals surface area contributed by atoms with Gasteiger partial charge in [-0.25, -0.2) is 0 Å². The number of rotatable bonds is 4. The maximum atomic E-state index is 6.53. The monoisotopic (exact) mass is 580 g/mol. The standard InChI is InChI=1S/C42H32N2O/c43-38-24-12-7-16-29(38)15-3-1-2-4-19-32-20-8-9-23-36-41(44-32)33-27-30-17-5-6-18-31(30)28-37(33)42(36)34-21-10-13-25-39(34)45-40-26-14-11-22-35(40)42/h1-28,32,44H,43H2/b2-1-,15-3-,19-4+,20-8+,23-9-. The highest BCUT2D eigenvalue weighted by Crippen LogP contribution is 2.61. The third-order valence-corrected chi connectivity index (χ3v) is 8.96. The number of anilines is 1. The van der Waals surface area contributed by atoms with Crippen LogP contribution in [0, 0.1) is 0 Å². The molecular formula is C42H32N2O. The lowest BCUT2D eigenvalue weighted by molar-refractivity contribution is 0.435. The molecule has 45 heavy (non-hydrogen) atoms. The van der Waals surface area contributed by atoms with Crippen molar-refractivity contribution in [3.05, 3.63) is 197 Å². The number of nitrogen functional groups attached to an aromatic ring is 1. The fraction of sp³-hybridized carbons (Fsp3) is 0.0476. The molecule has 1 unspecified atom stereocenters. The van der Waals surface area contributed by atoms with E-state index in [1.165, 1.54) is 27.5 Å². The second-order valence-electron chi connectivity index (χ2n) is 11.5. The Bertz CT molecular complexity index is 2100. The smallest absolute Gasteiger partial charge is 0.132 e.